The third kappa shape index (κ3) is 2.59. The standard InChI is InChI=1S/C20H18O3/c1-12-6-5-9-16-17(12)11-15(19(16)21)10-14-8-4-7-13(2)18(14)20(22)23-3/h4-10H,11H2,1-3H3/b15-10+. The molecule has 0 N–H and O–H groups in total. The first-order valence-electron chi connectivity index (χ1n) is 7.54. The summed E-state index contributed by atoms with van der Waals surface area (Å²) in [7, 11) is 1.37. The first-order chi connectivity index (χ1) is 11.0. The molecule has 2 aromatic carbocycles. The summed E-state index contributed by atoms with van der Waals surface area (Å²) in [6, 6.07) is 11.4. The summed E-state index contributed by atoms with van der Waals surface area (Å²) < 4.78 is 4.88. The number of aryl methyl sites for hydroxylation is 2. The van der Waals surface area contributed by atoms with Crippen LogP contribution in [0.5, 0.6) is 0 Å². The van der Waals surface area contributed by atoms with E-state index in [1.54, 1.807) is 0 Å². The van der Waals surface area contributed by atoms with Crippen LogP contribution in [0.4, 0.5) is 0 Å². The lowest BCUT2D eigenvalue weighted by Gasteiger charge is -2.08. The van der Waals surface area contributed by atoms with Gasteiger partial charge in [-0.2, -0.15) is 0 Å². The maximum atomic E-state index is 12.6. The van der Waals surface area contributed by atoms with Gasteiger partial charge in [0.05, 0.1) is 12.7 Å². The van der Waals surface area contributed by atoms with Gasteiger partial charge in [-0.25, -0.2) is 4.79 Å². The van der Waals surface area contributed by atoms with Gasteiger partial charge in [0, 0.05) is 17.6 Å². The van der Waals surface area contributed by atoms with Crippen molar-refractivity contribution in [2.24, 2.45) is 0 Å². The van der Waals surface area contributed by atoms with E-state index in [0.717, 1.165) is 27.8 Å². The van der Waals surface area contributed by atoms with Crippen LogP contribution in [-0.4, -0.2) is 18.9 Å². The second-order valence-electron chi connectivity index (χ2n) is 5.81. The van der Waals surface area contributed by atoms with Crippen molar-refractivity contribution < 1.29 is 14.3 Å². The van der Waals surface area contributed by atoms with E-state index in [-0.39, 0.29) is 11.8 Å². The molecule has 0 saturated carbocycles. The SMILES string of the molecule is COC(=O)c1c(C)cccc1/C=C1\Cc2c(C)cccc2C1=O. The second kappa shape index (κ2) is 5.84. The summed E-state index contributed by atoms with van der Waals surface area (Å²) in [5.74, 6) is -0.338. The smallest absolute Gasteiger partial charge is 0.338 e. The fourth-order valence-corrected chi connectivity index (χ4v) is 3.09. The predicted molar refractivity (Wildman–Crippen MR) is 89.7 cm³/mol. The monoisotopic (exact) mass is 306 g/mol. The Bertz CT molecular complexity index is 844. The number of rotatable bonds is 2. The molecule has 0 fully saturated rings. The number of allylic oxidation sites excluding steroid dienone is 1. The van der Waals surface area contributed by atoms with Gasteiger partial charge in [-0.3, -0.25) is 4.79 Å². The topological polar surface area (TPSA) is 43.4 Å². The Morgan fingerprint density at radius 2 is 1.78 bits per heavy atom. The molecule has 0 heterocycles. The molecule has 0 bridgehead atoms. The minimum absolute atomic E-state index is 0.0426. The van der Waals surface area contributed by atoms with Crippen LogP contribution < -0.4 is 0 Å². The third-order valence-corrected chi connectivity index (χ3v) is 4.34. The number of ketones is 1. The summed E-state index contributed by atoms with van der Waals surface area (Å²) in [6.07, 6.45) is 2.43. The van der Waals surface area contributed by atoms with E-state index in [2.05, 4.69) is 0 Å². The summed E-state index contributed by atoms with van der Waals surface area (Å²) in [5, 5.41) is 0. The van der Waals surface area contributed by atoms with Crippen molar-refractivity contribution in [2.45, 2.75) is 20.3 Å². The number of carbonyl (C=O) groups is 2. The highest BCUT2D eigenvalue weighted by Gasteiger charge is 2.26. The molecule has 0 aliphatic heterocycles. The van der Waals surface area contributed by atoms with Crippen molar-refractivity contribution in [3.05, 3.63) is 75.4 Å². The minimum Gasteiger partial charge on any atom is -0.465 e. The third-order valence-electron chi connectivity index (χ3n) is 4.34. The number of methoxy groups -OCH3 is 1. The number of ether oxygens (including phenoxy) is 1. The zero-order valence-electron chi connectivity index (χ0n) is 13.5. The molecular formula is C20H18O3. The number of esters is 1. The van der Waals surface area contributed by atoms with Crippen LogP contribution in [0, 0.1) is 13.8 Å². The van der Waals surface area contributed by atoms with E-state index in [4.69, 9.17) is 4.74 Å². The normalized spacial score (nSPS) is 14.9. The Balaban J connectivity index is 2.08. The quantitative estimate of drug-likeness (QED) is 0.624. The average Bonchev–Trinajstić information content (AvgIpc) is 2.85. The first kappa shape index (κ1) is 15.2. The van der Waals surface area contributed by atoms with Crippen LogP contribution in [0.2, 0.25) is 0 Å². The van der Waals surface area contributed by atoms with Crippen LogP contribution >= 0.6 is 0 Å². The molecule has 23 heavy (non-hydrogen) atoms. The minimum atomic E-state index is -0.380. The molecule has 0 amide bonds. The zero-order valence-corrected chi connectivity index (χ0v) is 13.5. The number of Topliss-reactive ketones (excluding diaryl/α,β-unsaturated/α-hetero) is 1. The van der Waals surface area contributed by atoms with Crippen molar-refractivity contribution in [2.75, 3.05) is 7.11 Å². The molecule has 1 aliphatic carbocycles. The van der Waals surface area contributed by atoms with Crippen molar-refractivity contribution >= 4 is 17.8 Å². The van der Waals surface area contributed by atoms with Gasteiger partial charge in [0.2, 0.25) is 0 Å². The number of hydrogen-bond donors (Lipinski definition) is 0. The van der Waals surface area contributed by atoms with E-state index in [1.165, 1.54) is 7.11 Å². The number of fused-ring (bicyclic) bond motifs is 1. The van der Waals surface area contributed by atoms with Crippen molar-refractivity contribution in [1.29, 1.82) is 0 Å². The molecule has 0 aromatic heterocycles. The fraction of sp³-hybridized carbons (Fsp3) is 0.200. The van der Waals surface area contributed by atoms with Crippen LogP contribution in [0.15, 0.2) is 42.0 Å². The van der Waals surface area contributed by atoms with Crippen molar-refractivity contribution in [3.63, 3.8) is 0 Å². The van der Waals surface area contributed by atoms with Crippen LogP contribution in [-0.2, 0) is 11.2 Å². The highest BCUT2D eigenvalue weighted by molar-refractivity contribution is 6.16. The van der Waals surface area contributed by atoms with Crippen LogP contribution in [0.25, 0.3) is 6.08 Å². The molecule has 2 aromatic rings. The highest BCUT2D eigenvalue weighted by atomic mass is 16.5. The fourth-order valence-electron chi connectivity index (χ4n) is 3.09. The van der Waals surface area contributed by atoms with Gasteiger partial charge in [-0.1, -0.05) is 36.4 Å². The predicted octanol–water partition coefficient (Wildman–Crippen LogP) is 3.91. The van der Waals surface area contributed by atoms with Gasteiger partial charge in [-0.15, -0.1) is 0 Å². The molecule has 0 spiro atoms. The molecule has 116 valence electrons. The lowest BCUT2D eigenvalue weighted by atomic mass is 9.99. The zero-order chi connectivity index (χ0) is 16.6. The highest BCUT2D eigenvalue weighted by Crippen LogP contribution is 2.31. The summed E-state index contributed by atoms with van der Waals surface area (Å²) in [5.41, 5.74) is 5.76. The van der Waals surface area contributed by atoms with Crippen molar-refractivity contribution in [1.82, 2.24) is 0 Å². The van der Waals surface area contributed by atoms with Crippen molar-refractivity contribution in [3.8, 4) is 0 Å². The van der Waals surface area contributed by atoms with E-state index < -0.39 is 0 Å². The Labute approximate surface area is 135 Å². The Kier molecular flexibility index (Phi) is 3.87. The van der Waals surface area contributed by atoms with Crippen LogP contribution in [0.1, 0.15) is 43.0 Å². The molecule has 0 atom stereocenters. The number of benzene rings is 2. The van der Waals surface area contributed by atoms with E-state index >= 15 is 0 Å². The number of carbonyl (C=O) groups excluding carboxylic acids is 2. The summed E-state index contributed by atoms with van der Waals surface area (Å²) >= 11 is 0. The van der Waals surface area contributed by atoms with Gasteiger partial charge in [0.15, 0.2) is 5.78 Å². The number of hydrogen-bond acceptors (Lipinski definition) is 3. The van der Waals surface area contributed by atoms with E-state index in [9.17, 15) is 9.59 Å². The van der Waals surface area contributed by atoms with Gasteiger partial charge >= 0.3 is 5.97 Å². The van der Waals surface area contributed by atoms with Crippen LogP contribution in [0.3, 0.4) is 0 Å². The molecule has 3 heteroatoms. The Morgan fingerprint density at radius 3 is 2.48 bits per heavy atom. The molecular weight excluding hydrogens is 288 g/mol. The Morgan fingerprint density at radius 1 is 1.09 bits per heavy atom. The lowest BCUT2D eigenvalue weighted by molar-refractivity contribution is 0.0599. The lowest BCUT2D eigenvalue weighted by Crippen LogP contribution is -2.07. The van der Waals surface area contributed by atoms with Gasteiger partial charge in [-0.05, 0) is 42.2 Å². The van der Waals surface area contributed by atoms with Gasteiger partial charge in [0.25, 0.3) is 0 Å². The summed E-state index contributed by atoms with van der Waals surface area (Å²) in [6.45, 7) is 3.88. The molecule has 3 nitrogen and oxygen atoms in total. The maximum absolute atomic E-state index is 12.6. The molecule has 0 radical (unpaired) electrons. The van der Waals surface area contributed by atoms with E-state index in [1.807, 2.05) is 56.3 Å². The average molecular weight is 306 g/mol. The molecule has 0 saturated heterocycles. The molecule has 3 rings (SSSR count). The molecule has 0 unspecified atom stereocenters. The second-order valence-corrected chi connectivity index (χ2v) is 5.81. The molecule has 1 aliphatic rings. The maximum Gasteiger partial charge on any atom is 0.338 e. The summed E-state index contributed by atoms with van der Waals surface area (Å²) in [4.78, 5) is 24.7. The Hall–Kier alpha value is -2.68. The van der Waals surface area contributed by atoms with Gasteiger partial charge in [0.1, 0.15) is 0 Å². The largest absolute Gasteiger partial charge is 0.465 e. The van der Waals surface area contributed by atoms with Gasteiger partial charge < -0.3 is 4.74 Å². The van der Waals surface area contributed by atoms with E-state index in [0.29, 0.717) is 17.6 Å². The first-order valence-corrected chi connectivity index (χ1v) is 7.54.